The molecule has 1 rings (SSSR count). The Kier molecular flexibility index (Phi) is 6.89. The number of hydrogen-bond acceptors (Lipinski definition) is 4. The van der Waals surface area contributed by atoms with E-state index >= 15 is 0 Å². The van der Waals surface area contributed by atoms with Gasteiger partial charge in [-0.05, 0) is 12.0 Å². The molecule has 1 aromatic rings. The normalized spacial score (nSPS) is 15.5. The third-order valence-electron chi connectivity index (χ3n) is 3.27. The van der Waals surface area contributed by atoms with Crippen LogP contribution in [-0.4, -0.2) is 27.4 Å². The highest BCUT2D eigenvalue weighted by atomic mass is 31.1. The molecule has 0 spiro atoms. The molecule has 1 aromatic carbocycles. The van der Waals surface area contributed by atoms with Crippen LogP contribution in [0.1, 0.15) is 24.8 Å². The number of hydrogen-bond donors (Lipinski definition) is 3. The number of carbonyl (C=O) groups excluding carboxylic acids is 1. The standard InChI is InChI=1S/C15H18NO5P/c16-13(17)9-8-12(14(18)19)15(20,22-21)10-4-7-11-5-2-1-3-6-11/h1-7,12,20H,8-10H2,(H2,16,17)(H,18,19)/p+1. The number of aliphatic hydroxyl groups is 1. The number of carbonyl (C=O) groups is 2. The van der Waals surface area contributed by atoms with Crippen molar-refractivity contribution in [2.75, 3.05) is 0 Å². The maximum absolute atomic E-state index is 11.3. The number of carboxylic acids is 1. The molecule has 3 unspecified atom stereocenters. The zero-order chi connectivity index (χ0) is 16.6. The highest BCUT2D eigenvalue weighted by molar-refractivity contribution is 7.25. The molecule has 1 amide bonds. The van der Waals surface area contributed by atoms with E-state index in [1.807, 2.05) is 30.3 Å². The summed E-state index contributed by atoms with van der Waals surface area (Å²) < 4.78 is 11.3. The lowest BCUT2D eigenvalue weighted by Crippen LogP contribution is -2.37. The van der Waals surface area contributed by atoms with E-state index in [4.69, 9.17) is 5.73 Å². The summed E-state index contributed by atoms with van der Waals surface area (Å²) in [6.45, 7) is 0. The molecule has 0 radical (unpaired) electrons. The Morgan fingerprint density at radius 2 is 1.95 bits per heavy atom. The molecule has 0 aliphatic carbocycles. The Bertz CT molecular complexity index is 560. The minimum absolute atomic E-state index is 0.0977. The first kappa shape index (κ1) is 18.0. The van der Waals surface area contributed by atoms with Crippen LogP contribution in [0.2, 0.25) is 0 Å². The quantitative estimate of drug-likeness (QED) is 0.598. The molecule has 0 fully saturated rings. The van der Waals surface area contributed by atoms with Crippen LogP contribution in [0.4, 0.5) is 0 Å². The Morgan fingerprint density at radius 3 is 2.45 bits per heavy atom. The van der Waals surface area contributed by atoms with Crippen molar-refractivity contribution in [3.63, 3.8) is 0 Å². The van der Waals surface area contributed by atoms with E-state index in [1.54, 1.807) is 12.2 Å². The van der Waals surface area contributed by atoms with Gasteiger partial charge in [0.25, 0.3) is 5.34 Å². The van der Waals surface area contributed by atoms with Gasteiger partial charge in [0, 0.05) is 12.8 Å². The molecule has 22 heavy (non-hydrogen) atoms. The van der Waals surface area contributed by atoms with Gasteiger partial charge in [-0.2, -0.15) is 0 Å². The Morgan fingerprint density at radius 1 is 1.32 bits per heavy atom. The summed E-state index contributed by atoms with van der Waals surface area (Å²) in [4.78, 5) is 22.1. The first-order valence-electron chi connectivity index (χ1n) is 6.73. The van der Waals surface area contributed by atoms with Crippen LogP contribution in [0.3, 0.4) is 0 Å². The van der Waals surface area contributed by atoms with E-state index in [-0.39, 0.29) is 19.3 Å². The minimum Gasteiger partial charge on any atom is -0.481 e. The zero-order valence-corrected chi connectivity index (χ0v) is 12.9. The first-order chi connectivity index (χ1) is 10.4. The van der Waals surface area contributed by atoms with Gasteiger partial charge in [-0.1, -0.05) is 47.0 Å². The monoisotopic (exact) mass is 324 g/mol. The molecule has 7 heteroatoms. The molecular weight excluding hydrogens is 305 g/mol. The third-order valence-corrected chi connectivity index (χ3v) is 4.18. The van der Waals surface area contributed by atoms with Crippen LogP contribution in [-0.2, 0) is 14.2 Å². The van der Waals surface area contributed by atoms with Gasteiger partial charge in [0.1, 0.15) is 5.92 Å². The molecule has 0 heterocycles. The fourth-order valence-corrected chi connectivity index (χ4v) is 2.66. The second kappa shape index (κ2) is 8.41. The summed E-state index contributed by atoms with van der Waals surface area (Å²) in [6.07, 6.45) is 2.83. The van der Waals surface area contributed by atoms with E-state index in [1.165, 1.54) is 0 Å². The average Bonchev–Trinajstić information content (AvgIpc) is 2.47. The highest BCUT2D eigenvalue weighted by Crippen LogP contribution is 2.36. The number of aliphatic carboxylic acids is 1. The van der Waals surface area contributed by atoms with Gasteiger partial charge in [-0.25, -0.2) is 0 Å². The van der Waals surface area contributed by atoms with E-state index < -0.39 is 31.6 Å². The molecule has 0 saturated carbocycles. The predicted octanol–water partition coefficient (Wildman–Crippen LogP) is 1.77. The van der Waals surface area contributed by atoms with Gasteiger partial charge >= 0.3 is 14.4 Å². The number of carboxylic acid groups (broad SMARTS) is 1. The van der Waals surface area contributed by atoms with E-state index in [0.717, 1.165) is 5.56 Å². The average molecular weight is 324 g/mol. The van der Waals surface area contributed by atoms with Gasteiger partial charge in [0.05, 0.1) is 0 Å². The summed E-state index contributed by atoms with van der Waals surface area (Å²) >= 11 is 0. The van der Waals surface area contributed by atoms with E-state index in [9.17, 15) is 24.4 Å². The maximum atomic E-state index is 11.3. The van der Waals surface area contributed by atoms with E-state index in [0.29, 0.717) is 0 Å². The number of primary amides is 1. The van der Waals surface area contributed by atoms with E-state index in [2.05, 4.69) is 0 Å². The summed E-state index contributed by atoms with van der Waals surface area (Å²) in [7, 11) is -1.23. The number of rotatable bonds is 9. The lowest BCUT2D eigenvalue weighted by molar-refractivity contribution is -0.147. The lowest BCUT2D eigenvalue weighted by atomic mass is 9.93. The molecule has 0 aliphatic heterocycles. The van der Waals surface area contributed by atoms with Crippen molar-refractivity contribution in [2.45, 2.75) is 24.6 Å². The van der Waals surface area contributed by atoms with Crippen molar-refractivity contribution in [1.82, 2.24) is 0 Å². The Balaban J connectivity index is 2.83. The predicted molar refractivity (Wildman–Crippen MR) is 83.6 cm³/mol. The van der Waals surface area contributed by atoms with Crippen LogP contribution in [0, 0.1) is 5.92 Å². The summed E-state index contributed by atoms with van der Waals surface area (Å²) in [5, 5.41) is 17.6. The molecule has 0 saturated heterocycles. The molecule has 3 atom stereocenters. The van der Waals surface area contributed by atoms with Gasteiger partial charge in [-0.3, -0.25) is 9.59 Å². The van der Waals surface area contributed by atoms with Crippen LogP contribution < -0.4 is 5.73 Å². The first-order valence-corrected chi connectivity index (χ1v) is 7.64. The van der Waals surface area contributed by atoms with Crippen LogP contribution in [0.15, 0.2) is 36.4 Å². The second-order valence-electron chi connectivity index (χ2n) is 4.94. The van der Waals surface area contributed by atoms with Gasteiger partial charge in [0.2, 0.25) is 5.91 Å². The summed E-state index contributed by atoms with van der Waals surface area (Å²) in [5.74, 6) is -3.29. The van der Waals surface area contributed by atoms with Crippen LogP contribution in [0.25, 0.3) is 6.08 Å². The molecule has 118 valence electrons. The number of benzene rings is 1. The molecule has 4 N–H and O–H groups in total. The van der Waals surface area contributed by atoms with Crippen LogP contribution in [0.5, 0.6) is 0 Å². The largest absolute Gasteiger partial charge is 0.481 e. The molecular formula is C15H19NO5P+. The third kappa shape index (κ3) is 5.39. The van der Waals surface area contributed by atoms with Crippen molar-refractivity contribution in [3.8, 4) is 0 Å². The fourth-order valence-electron chi connectivity index (χ4n) is 2.05. The van der Waals surface area contributed by atoms with Gasteiger partial charge in [-0.15, -0.1) is 0 Å². The van der Waals surface area contributed by atoms with Crippen molar-refractivity contribution in [1.29, 1.82) is 0 Å². The SMILES string of the molecule is NC(=O)CCC(C(=O)O)C(O)(CC=Cc1ccccc1)[PH+]=O. The number of nitrogens with two attached hydrogens (primary N) is 1. The van der Waals surface area contributed by atoms with Crippen molar-refractivity contribution >= 4 is 26.4 Å². The van der Waals surface area contributed by atoms with Crippen molar-refractivity contribution < 1.29 is 24.4 Å². The number of amides is 1. The smallest absolute Gasteiger partial charge is 0.360 e. The van der Waals surface area contributed by atoms with Crippen molar-refractivity contribution in [3.05, 3.63) is 42.0 Å². The Hall–Kier alpha value is -2.04. The zero-order valence-electron chi connectivity index (χ0n) is 11.9. The summed E-state index contributed by atoms with van der Waals surface area (Å²) in [5.41, 5.74) is 5.88. The fraction of sp³-hybridized carbons (Fsp3) is 0.333. The highest BCUT2D eigenvalue weighted by Gasteiger charge is 2.48. The lowest BCUT2D eigenvalue weighted by Gasteiger charge is -2.20. The topological polar surface area (TPSA) is 118 Å². The molecule has 0 aromatic heterocycles. The molecule has 6 nitrogen and oxygen atoms in total. The molecule has 0 bridgehead atoms. The summed E-state index contributed by atoms with van der Waals surface area (Å²) in [6, 6.07) is 9.23. The van der Waals surface area contributed by atoms with Crippen LogP contribution >= 0.6 is 8.46 Å². The minimum atomic E-state index is -1.92. The molecule has 0 aliphatic rings. The maximum Gasteiger partial charge on any atom is 0.360 e. The van der Waals surface area contributed by atoms with Crippen molar-refractivity contribution in [2.24, 2.45) is 11.7 Å². The van der Waals surface area contributed by atoms with Gasteiger partial charge < -0.3 is 15.9 Å². The Labute approximate surface area is 129 Å². The van der Waals surface area contributed by atoms with Gasteiger partial charge in [0.15, 0.2) is 0 Å². The second-order valence-corrected chi connectivity index (χ2v) is 6.01.